The lowest BCUT2D eigenvalue weighted by molar-refractivity contribution is -0.167. The molecule has 0 saturated carbocycles. The second kappa shape index (κ2) is 6.28. The first-order chi connectivity index (χ1) is 9.83. The van der Waals surface area contributed by atoms with Crippen molar-refractivity contribution in [2.45, 2.75) is 52.3 Å². The van der Waals surface area contributed by atoms with E-state index < -0.39 is 23.7 Å². The van der Waals surface area contributed by atoms with Gasteiger partial charge in [-0.25, -0.2) is 4.79 Å². The van der Waals surface area contributed by atoms with Crippen molar-refractivity contribution in [3.63, 3.8) is 0 Å². The van der Waals surface area contributed by atoms with Crippen molar-refractivity contribution in [2.75, 3.05) is 5.32 Å². The van der Waals surface area contributed by atoms with E-state index in [0.717, 1.165) is 11.3 Å². The van der Waals surface area contributed by atoms with E-state index in [0.29, 0.717) is 5.56 Å². The standard InChI is InChI=1S/C14H18F3NO3S/c1-7(2)8-6-22-10(18-12(20)14(15,16)17)9(8)11(19)21-13(3,4)5/h6-7H,1-5H3,(H,18,20). The van der Waals surface area contributed by atoms with Crippen LogP contribution >= 0.6 is 11.3 Å². The molecule has 1 rings (SSSR count). The fraction of sp³-hybridized carbons (Fsp3) is 0.571. The van der Waals surface area contributed by atoms with Crippen molar-refractivity contribution in [1.82, 2.24) is 0 Å². The third-order valence-corrected chi connectivity index (χ3v) is 3.44. The van der Waals surface area contributed by atoms with Crippen LogP contribution in [0.1, 0.15) is 56.5 Å². The first-order valence-electron chi connectivity index (χ1n) is 6.56. The number of carbonyl (C=O) groups is 2. The van der Waals surface area contributed by atoms with Crippen LogP contribution in [0.25, 0.3) is 0 Å². The van der Waals surface area contributed by atoms with Crippen LogP contribution in [0, 0.1) is 0 Å². The number of hydrogen-bond donors (Lipinski definition) is 1. The Morgan fingerprint density at radius 3 is 2.18 bits per heavy atom. The molecule has 1 heterocycles. The molecular weight excluding hydrogens is 319 g/mol. The molecule has 22 heavy (non-hydrogen) atoms. The number of alkyl halides is 3. The van der Waals surface area contributed by atoms with E-state index in [1.54, 1.807) is 45.3 Å². The normalized spacial score (nSPS) is 12.4. The number of thiophene rings is 1. The molecule has 8 heteroatoms. The fourth-order valence-corrected chi connectivity index (χ4v) is 2.71. The van der Waals surface area contributed by atoms with Gasteiger partial charge in [0.05, 0.1) is 5.56 Å². The van der Waals surface area contributed by atoms with Crippen LogP contribution in [0.15, 0.2) is 5.38 Å². The van der Waals surface area contributed by atoms with E-state index in [4.69, 9.17) is 4.74 Å². The lowest BCUT2D eigenvalue weighted by Crippen LogP contribution is -2.31. The van der Waals surface area contributed by atoms with Crippen molar-refractivity contribution in [1.29, 1.82) is 0 Å². The van der Waals surface area contributed by atoms with Gasteiger partial charge < -0.3 is 10.1 Å². The molecule has 0 saturated heterocycles. The summed E-state index contributed by atoms with van der Waals surface area (Å²) < 4.78 is 42.4. The van der Waals surface area contributed by atoms with E-state index in [9.17, 15) is 22.8 Å². The molecule has 4 nitrogen and oxygen atoms in total. The third kappa shape index (κ3) is 4.72. The Hall–Kier alpha value is -1.57. The van der Waals surface area contributed by atoms with Gasteiger partial charge in [0.25, 0.3) is 0 Å². The first-order valence-corrected chi connectivity index (χ1v) is 7.43. The third-order valence-electron chi connectivity index (χ3n) is 2.53. The number of nitrogens with one attached hydrogen (secondary N) is 1. The molecule has 0 aliphatic carbocycles. The summed E-state index contributed by atoms with van der Waals surface area (Å²) in [5, 5.41) is 3.15. The fourth-order valence-electron chi connectivity index (χ4n) is 1.60. The quantitative estimate of drug-likeness (QED) is 0.835. The molecule has 1 N–H and O–H groups in total. The molecule has 0 radical (unpaired) electrons. The number of halogens is 3. The van der Waals surface area contributed by atoms with Gasteiger partial charge in [0.15, 0.2) is 0 Å². The molecule has 0 fully saturated rings. The lowest BCUT2D eigenvalue weighted by atomic mass is 10.0. The van der Waals surface area contributed by atoms with Gasteiger partial charge >= 0.3 is 18.1 Å². The van der Waals surface area contributed by atoms with Gasteiger partial charge in [-0.2, -0.15) is 13.2 Å². The number of carbonyl (C=O) groups excluding carboxylic acids is 2. The van der Waals surface area contributed by atoms with E-state index >= 15 is 0 Å². The topological polar surface area (TPSA) is 55.4 Å². The molecule has 0 atom stereocenters. The van der Waals surface area contributed by atoms with E-state index in [-0.39, 0.29) is 16.5 Å². The van der Waals surface area contributed by atoms with Gasteiger partial charge in [0.1, 0.15) is 10.6 Å². The van der Waals surface area contributed by atoms with Gasteiger partial charge in [-0.3, -0.25) is 4.79 Å². The summed E-state index contributed by atoms with van der Waals surface area (Å²) >= 11 is 0.870. The lowest BCUT2D eigenvalue weighted by Gasteiger charge is -2.21. The molecule has 1 aromatic heterocycles. The van der Waals surface area contributed by atoms with Gasteiger partial charge in [-0.05, 0) is 37.6 Å². The zero-order valence-corrected chi connectivity index (χ0v) is 13.7. The van der Waals surface area contributed by atoms with Crippen LogP contribution in [-0.4, -0.2) is 23.7 Å². The number of amides is 1. The van der Waals surface area contributed by atoms with Gasteiger partial charge in [-0.1, -0.05) is 13.8 Å². The Kier molecular flexibility index (Phi) is 5.27. The maximum absolute atomic E-state index is 12.4. The molecule has 0 unspecified atom stereocenters. The highest BCUT2D eigenvalue weighted by molar-refractivity contribution is 7.15. The number of rotatable bonds is 3. The smallest absolute Gasteiger partial charge is 0.456 e. The second-order valence-electron chi connectivity index (χ2n) is 6.00. The molecule has 1 amide bonds. The highest BCUT2D eigenvalue weighted by Gasteiger charge is 2.40. The summed E-state index contributed by atoms with van der Waals surface area (Å²) in [5.74, 6) is -2.97. The highest BCUT2D eigenvalue weighted by atomic mass is 32.1. The Morgan fingerprint density at radius 2 is 1.77 bits per heavy atom. The van der Waals surface area contributed by atoms with Crippen LogP contribution in [0.3, 0.4) is 0 Å². The first kappa shape index (κ1) is 18.5. The van der Waals surface area contributed by atoms with Crippen molar-refractivity contribution in [3.05, 3.63) is 16.5 Å². The Morgan fingerprint density at radius 1 is 1.23 bits per heavy atom. The molecule has 0 aromatic carbocycles. The number of ether oxygens (including phenoxy) is 1. The maximum atomic E-state index is 12.4. The maximum Gasteiger partial charge on any atom is 0.471 e. The SMILES string of the molecule is CC(C)c1csc(NC(=O)C(F)(F)F)c1C(=O)OC(C)(C)C. The summed E-state index contributed by atoms with van der Waals surface area (Å²) in [6, 6.07) is 0. The van der Waals surface area contributed by atoms with E-state index in [1.165, 1.54) is 0 Å². The second-order valence-corrected chi connectivity index (χ2v) is 6.88. The molecule has 124 valence electrons. The summed E-state index contributed by atoms with van der Waals surface area (Å²) in [6.45, 7) is 8.55. The molecule has 0 spiro atoms. The summed E-state index contributed by atoms with van der Waals surface area (Å²) in [5.41, 5.74) is -0.275. The largest absolute Gasteiger partial charge is 0.471 e. The number of anilines is 1. The zero-order chi connectivity index (χ0) is 17.3. The predicted molar refractivity (Wildman–Crippen MR) is 78.3 cm³/mol. The monoisotopic (exact) mass is 337 g/mol. The van der Waals surface area contributed by atoms with Crippen LogP contribution in [-0.2, 0) is 9.53 Å². The molecule has 0 aliphatic rings. The van der Waals surface area contributed by atoms with Crippen molar-refractivity contribution in [3.8, 4) is 0 Å². The number of esters is 1. The summed E-state index contributed by atoms with van der Waals surface area (Å²) in [7, 11) is 0. The molecule has 1 aromatic rings. The van der Waals surface area contributed by atoms with Crippen LogP contribution < -0.4 is 5.32 Å². The Bertz CT molecular complexity index is 571. The van der Waals surface area contributed by atoms with Gasteiger partial charge in [0.2, 0.25) is 0 Å². The molecular formula is C14H18F3NO3S. The van der Waals surface area contributed by atoms with E-state index in [2.05, 4.69) is 0 Å². The van der Waals surface area contributed by atoms with Crippen LogP contribution in [0.5, 0.6) is 0 Å². The van der Waals surface area contributed by atoms with Crippen molar-refractivity contribution >= 4 is 28.2 Å². The minimum Gasteiger partial charge on any atom is -0.456 e. The van der Waals surface area contributed by atoms with Crippen molar-refractivity contribution < 1.29 is 27.5 Å². The minimum absolute atomic E-state index is 0.0208. The molecule has 0 aliphatic heterocycles. The van der Waals surface area contributed by atoms with Crippen LogP contribution in [0.4, 0.5) is 18.2 Å². The number of hydrogen-bond acceptors (Lipinski definition) is 4. The summed E-state index contributed by atoms with van der Waals surface area (Å²) in [4.78, 5) is 23.3. The van der Waals surface area contributed by atoms with Gasteiger partial charge in [0, 0.05) is 0 Å². The highest BCUT2D eigenvalue weighted by Crippen LogP contribution is 2.35. The zero-order valence-electron chi connectivity index (χ0n) is 12.9. The Labute approximate surface area is 130 Å². The average molecular weight is 337 g/mol. The Balaban J connectivity index is 3.20. The van der Waals surface area contributed by atoms with Crippen LogP contribution in [0.2, 0.25) is 0 Å². The summed E-state index contributed by atoms with van der Waals surface area (Å²) in [6.07, 6.45) is -5.02. The van der Waals surface area contributed by atoms with Gasteiger partial charge in [-0.15, -0.1) is 11.3 Å². The van der Waals surface area contributed by atoms with Crippen molar-refractivity contribution in [2.24, 2.45) is 0 Å². The predicted octanol–water partition coefficient (Wildman–Crippen LogP) is 4.33. The molecule has 0 bridgehead atoms. The average Bonchev–Trinajstić information content (AvgIpc) is 2.69. The minimum atomic E-state index is -5.02. The van der Waals surface area contributed by atoms with E-state index in [1.807, 2.05) is 0 Å².